The molecule has 0 unspecified atom stereocenters. The summed E-state index contributed by atoms with van der Waals surface area (Å²) in [5.41, 5.74) is 5.04. The number of aromatic nitrogens is 1. The molecule has 4 rings (SSSR count). The van der Waals surface area contributed by atoms with E-state index in [0.717, 1.165) is 60.2 Å². The molecule has 5 N–H and O–H groups in total. The number of hydrogen-bond acceptors (Lipinski definition) is 6. The van der Waals surface area contributed by atoms with Gasteiger partial charge in [0, 0.05) is 38.1 Å². The summed E-state index contributed by atoms with van der Waals surface area (Å²) in [6.45, 7) is 3.85. The van der Waals surface area contributed by atoms with E-state index >= 15 is 0 Å². The molecule has 2 aliphatic carbocycles. The van der Waals surface area contributed by atoms with Crippen LogP contribution in [0.1, 0.15) is 55.8 Å². The Morgan fingerprint density at radius 2 is 1.89 bits per heavy atom. The number of aliphatic hydroxyl groups excluding tert-OH is 2. The molecule has 0 radical (unpaired) electrons. The largest absolute Gasteiger partial charge is 0.512 e. The quantitative estimate of drug-likeness (QED) is 0.272. The van der Waals surface area contributed by atoms with E-state index in [1.165, 1.54) is 24.5 Å². The van der Waals surface area contributed by atoms with E-state index in [1.807, 2.05) is 32.3 Å². The third-order valence-corrected chi connectivity index (χ3v) is 6.10. The lowest BCUT2D eigenvalue weighted by Gasteiger charge is -2.14. The lowest BCUT2D eigenvalue weighted by atomic mass is 9.94. The minimum atomic E-state index is 0.154. The third-order valence-electron chi connectivity index (χ3n) is 6.10. The van der Waals surface area contributed by atoms with Gasteiger partial charge < -0.3 is 26.2 Å². The van der Waals surface area contributed by atoms with Crippen molar-refractivity contribution in [3.63, 3.8) is 0 Å². The van der Waals surface area contributed by atoms with Crippen LogP contribution in [-0.2, 0) is 13.0 Å². The fourth-order valence-corrected chi connectivity index (χ4v) is 3.75. The Hall–Kier alpha value is -3.69. The highest BCUT2D eigenvalue weighted by Crippen LogP contribution is 2.30. The Balaban J connectivity index is 0.000000840. The summed E-state index contributed by atoms with van der Waals surface area (Å²) in [5, 5.41) is 29.7. The van der Waals surface area contributed by atoms with E-state index < -0.39 is 0 Å². The first-order chi connectivity index (χ1) is 17.5. The summed E-state index contributed by atoms with van der Waals surface area (Å²) in [6.07, 6.45) is 15.7. The van der Waals surface area contributed by atoms with Crippen LogP contribution >= 0.6 is 0 Å². The maximum atomic E-state index is 10.1. The number of anilines is 1. The van der Waals surface area contributed by atoms with Gasteiger partial charge in [-0.1, -0.05) is 31.2 Å². The molecular weight excluding hydrogens is 448 g/mol. The van der Waals surface area contributed by atoms with Crippen LogP contribution in [0.5, 0.6) is 0 Å². The molecule has 36 heavy (non-hydrogen) atoms. The number of terminal acetylenes is 1. The molecule has 2 aliphatic rings. The van der Waals surface area contributed by atoms with Gasteiger partial charge in [0.2, 0.25) is 0 Å². The van der Waals surface area contributed by atoms with Crippen LogP contribution in [0.2, 0.25) is 0 Å². The molecule has 0 amide bonds. The minimum Gasteiger partial charge on any atom is -0.512 e. The van der Waals surface area contributed by atoms with E-state index in [0.29, 0.717) is 12.8 Å². The van der Waals surface area contributed by atoms with Gasteiger partial charge in [0.15, 0.2) is 0 Å². The maximum Gasteiger partial charge on any atom is 0.122 e. The van der Waals surface area contributed by atoms with Gasteiger partial charge in [-0.05, 0) is 67.5 Å². The molecule has 2 aromatic rings. The van der Waals surface area contributed by atoms with Gasteiger partial charge in [0.05, 0.1) is 29.2 Å². The van der Waals surface area contributed by atoms with Crippen LogP contribution in [0.3, 0.4) is 0 Å². The molecule has 190 valence electrons. The van der Waals surface area contributed by atoms with Crippen molar-refractivity contribution in [2.75, 3.05) is 18.9 Å². The average Bonchev–Trinajstić information content (AvgIpc) is 3.72. The summed E-state index contributed by atoms with van der Waals surface area (Å²) in [6, 6.07) is 12.3. The second-order valence-electron chi connectivity index (χ2n) is 9.06. The standard InChI is InChI=1S/C26H32N4O2.C4H6/c1-27-26(30-22-10-9-21(29-17-22)16-28-15-19-2-3-19)13-6-18-4-7-20(8-5-18)24-12-11-23(31)14-25(24)32;1-3-4-2/h4-5,7-10,13-14,17,19,27-28,30-32H,2-3,6,11-12,15-16H2,1H3;1H,4H2,2H3/b26-13+;. The number of nitrogens with zero attached hydrogens (tertiary/aromatic N) is 1. The summed E-state index contributed by atoms with van der Waals surface area (Å²) < 4.78 is 0. The third kappa shape index (κ3) is 8.83. The van der Waals surface area contributed by atoms with Crippen molar-refractivity contribution in [3.8, 4) is 12.3 Å². The van der Waals surface area contributed by atoms with Gasteiger partial charge in [-0.3, -0.25) is 4.98 Å². The molecule has 1 heterocycles. The first-order valence-corrected chi connectivity index (χ1v) is 12.7. The predicted molar refractivity (Wildman–Crippen MR) is 148 cm³/mol. The first kappa shape index (κ1) is 26.9. The van der Waals surface area contributed by atoms with Crippen LogP contribution in [0.4, 0.5) is 5.69 Å². The minimum absolute atomic E-state index is 0.154. The molecule has 6 nitrogen and oxygen atoms in total. The van der Waals surface area contributed by atoms with E-state index in [9.17, 15) is 10.2 Å². The van der Waals surface area contributed by atoms with Crippen LogP contribution in [0.15, 0.2) is 72.1 Å². The van der Waals surface area contributed by atoms with Gasteiger partial charge in [-0.2, -0.15) is 0 Å². The Kier molecular flexibility index (Phi) is 10.5. The smallest absolute Gasteiger partial charge is 0.122 e. The van der Waals surface area contributed by atoms with Crippen molar-refractivity contribution >= 4 is 11.3 Å². The molecule has 0 saturated heterocycles. The van der Waals surface area contributed by atoms with Gasteiger partial charge in [0.1, 0.15) is 5.76 Å². The van der Waals surface area contributed by atoms with E-state index in [2.05, 4.69) is 57.2 Å². The first-order valence-electron chi connectivity index (χ1n) is 12.7. The number of rotatable bonds is 10. The fourth-order valence-electron chi connectivity index (χ4n) is 3.75. The highest BCUT2D eigenvalue weighted by Gasteiger charge is 2.20. The normalized spacial score (nSPS) is 15.4. The van der Waals surface area contributed by atoms with Gasteiger partial charge >= 0.3 is 0 Å². The van der Waals surface area contributed by atoms with Crippen molar-refractivity contribution in [3.05, 3.63) is 88.9 Å². The molecule has 6 heteroatoms. The zero-order valence-corrected chi connectivity index (χ0v) is 21.3. The molecular formula is C30H38N4O2. The number of hydrogen-bond donors (Lipinski definition) is 5. The predicted octanol–water partition coefficient (Wildman–Crippen LogP) is 5.83. The Morgan fingerprint density at radius 3 is 2.47 bits per heavy atom. The van der Waals surface area contributed by atoms with Crippen molar-refractivity contribution in [1.82, 2.24) is 15.6 Å². The second-order valence-corrected chi connectivity index (χ2v) is 9.06. The van der Waals surface area contributed by atoms with Crippen molar-refractivity contribution < 1.29 is 10.2 Å². The van der Waals surface area contributed by atoms with E-state index in [4.69, 9.17) is 6.42 Å². The highest BCUT2D eigenvalue weighted by atomic mass is 16.3. The fraction of sp³-hybridized carbons (Fsp3) is 0.367. The molecule has 1 fully saturated rings. The van der Waals surface area contributed by atoms with Crippen molar-refractivity contribution in [1.29, 1.82) is 0 Å². The second kappa shape index (κ2) is 14.0. The van der Waals surface area contributed by atoms with Crippen molar-refractivity contribution in [2.24, 2.45) is 5.92 Å². The van der Waals surface area contributed by atoms with E-state index in [-0.39, 0.29) is 11.5 Å². The van der Waals surface area contributed by atoms with Crippen LogP contribution in [0, 0.1) is 18.3 Å². The number of allylic oxidation sites excluding steroid dienone is 4. The average molecular weight is 487 g/mol. The number of nitrogens with one attached hydrogen (secondary N) is 3. The maximum absolute atomic E-state index is 10.1. The summed E-state index contributed by atoms with van der Waals surface area (Å²) in [5.74, 6) is 4.61. The van der Waals surface area contributed by atoms with Crippen molar-refractivity contribution in [2.45, 2.75) is 52.0 Å². The van der Waals surface area contributed by atoms with Gasteiger partial charge in [-0.15, -0.1) is 12.3 Å². The topological polar surface area (TPSA) is 89.4 Å². The zero-order chi connectivity index (χ0) is 25.8. The lowest BCUT2D eigenvalue weighted by Crippen LogP contribution is -2.17. The molecule has 0 spiro atoms. The Labute approximate surface area is 215 Å². The zero-order valence-electron chi connectivity index (χ0n) is 21.3. The molecule has 1 aromatic carbocycles. The Morgan fingerprint density at radius 1 is 1.14 bits per heavy atom. The number of aliphatic hydroxyl groups is 2. The van der Waals surface area contributed by atoms with Crippen LogP contribution < -0.4 is 16.0 Å². The molecule has 0 aliphatic heterocycles. The van der Waals surface area contributed by atoms with Gasteiger partial charge in [-0.25, -0.2) is 0 Å². The summed E-state index contributed by atoms with van der Waals surface area (Å²) in [7, 11) is 1.90. The van der Waals surface area contributed by atoms with Crippen LogP contribution in [-0.4, -0.2) is 28.8 Å². The lowest BCUT2D eigenvalue weighted by molar-refractivity contribution is 0.367. The summed E-state index contributed by atoms with van der Waals surface area (Å²) >= 11 is 0. The van der Waals surface area contributed by atoms with E-state index in [1.54, 1.807) is 0 Å². The number of benzene rings is 1. The van der Waals surface area contributed by atoms with Gasteiger partial charge in [0.25, 0.3) is 0 Å². The number of pyridine rings is 1. The molecule has 0 atom stereocenters. The Bertz CT molecular complexity index is 1110. The molecule has 1 aromatic heterocycles. The summed E-state index contributed by atoms with van der Waals surface area (Å²) in [4.78, 5) is 4.54. The molecule has 1 saturated carbocycles. The monoisotopic (exact) mass is 486 g/mol. The molecule has 0 bridgehead atoms. The highest BCUT2D eigenvalue weighted by molar-refractivity contribution is 5.70. The SMILES string of the molecule is C#CCC.CN/C(=C\Cc1ccc(C2=C(O)C=C(O)CC2)cc1)Nc1ccc(CNCC2CC2)nc1. The van der Waals surface area contributed by atoms with Crippen LogP contribution in [0.25, 0.3) is 5.57 Å².